The van der Waals surface area contributed by atoms with Crippen molar-refractivity contribution in [2.24, 2.45) is 0 Å². The summed E-state index contributed by atoms with van der Waals surface area (Å²) < 4.78 is 52.8. The average Bonchev–Trinajstić information content (AvgIpc) is 3.18. The van der Waals surface area contributed by atoms with Crippen LogP contribution in [0.5, 0.6) is 0 Å². The number of hydrogen-bond donors (Lipinski definition) is 2. The summed E-state index contributed by atoms with van der Waals surface area (Å²) in [6.07, 6.45) is 1.97. The number of amides is 1. The number of hydrogen-bond acceptors (Lipinski definition) is 6. The third-order valence-electron chi connectivity index (χ3n) is 4.37. The van der Waals surface area contributed by atoms with E-state index in [2.05, 4.69) is 9.44 Å². The number of nitrogens with one attached hydrogen (secondary N) is 2. The van der Waals surface area contributed by atoms with Crippen LogP contribution in [0.1, 0.15) is 23.2 Å². The van der Waals surface area contributed by atoms with Crippen molar-refractivity contribution >= 4 is 54.6 Å². The molecule has 0 saturated carbocycles. The van der Waals surface area contributed by atoms with Gasteiger partial charge in [0, 0.05) is 24.7 Å². The van der Waals surface area contributed by atoms with Crippen molar-refractivity contribution in [1.29, 1.82) is 0 Å². The Bertz CT molecular complexity index is 1090. The van der Waals surface area contributed by atoms with Gasteiger partial charge in [0.2, 0.25) is 20.0 Å². The lowest BCUT2D eigenvalue weighted by molar-refractivity contribution is 0.0711. The van der Waals surface area contributed by atoms with Gasteiger partial charge in [-0.15, -0.1) is 11.3 Å². The van der Waals surface area contributed by atoms with Gasteiger partial charge < -0.3 is 4.90 Å². The number of carbonyl (C=O) groups is 1. The van der Waals surface area contributed by atoms with E-state index in [4.69, 9.17) is 11.6 Å². The first-order valence-corrected chi connectivity index (χ1v) is 13.3. The van der Waals surface area contributed by atoms with Crippen LogP contribution in [0, 0.1) is 0 Å². The zero-order valence-electron chi connectivity index (χ0n) is 15.5. The SMILES string of the molecule is CS(=O)(=O)Nc1cc(C(=O)N2CCC(NS(=O)(=O)c3cccs3)CC2)ccc1Cl. The summed E-state index contributed by atoms with van der Waals surface area (Å²) in [4.78, 5) is 14.4. The fraction of sp³-hybridized carbons (Fsp3) is 0.353. The molecule has 0 radical (unpaired) electrons. The Kier molecular flexibility index (Phi) is 6.54. The molecule has 12 heteroatoms. The molecule has 3 rings (SSSR count). The van der Waals surface area contributed by atoms with E-state index >= 15 is 0 Å². The molecule has 158 valence electrons. The zero-order chi connectivity index (χ0) is 21.2. The van der Waals surface area contributed by atoms with E-state index in [9.17, 15) is 21.6 Å². The molecule has 2 N–H and O–H groups in total. The highest BCUT2D eigenvalue weighted by molar-refractivity contribution is 7.92. The molecule has 1 aromatic heterocycles. The van der Waals surface area contributed by atoms with Crippen molar-refractivity contribution in [2.45, 2.75) is 23.1 Å². The summed E-state index contributed by atoms with van der Waals surface area (Å²) in [7, 11) is -7.08. The third kappa shape index (κ3) is 5.70. The van der Waals surface area contributed by atoms with Crippen LogP contribution in [-0.4, -0.2) is 53.0 Å². The van der Waals surface area contributed by atoms with Gasteiger partial charge in [-0.25, -0.2) is 21.6 Å². The van der Waals surface area contributed by atoms with Gasteiger partial charge in [0.25, 0.3) is 5.91 Å². The maximum atomic E-state index is 12.8. The van der Waals surface area contributed by atoms with E-state index < -0.39 is 20.0 Å². The predicted molar refractivity (Wildman–Crippen MR) is 113 cm³/mol. The molecule has 1 aromatic carbocycles. The molecule has 0 bridgehead atoms. The lowest BCUT2D eigenvalue weighted by atomic mass is 10.0. The molecule has 1 amide bonds. The number of piperidine rings is 1. The van der Waals surface area contributed by atoms with Crippen molar-refractivity contribution in [2.75, 3.05) is 24.1 Å². The largest absolute Gasteiger partial charge is 0.339 e. The molecular formula is C17H20ClN3O5S3. The third-order valence-corrected chi connectivity index (χ3v) is 8.21. The van der Waals surface area contributed by atoms with Gasteiger partial charge >= 0.3 is 0 Å². The van der Waals surface area contributed by atoms with E-state index in [0.29, 0.717) is 31.5 Å². The van der Waals surface area contributed by atoms with Gasteiger partial charge in [0.05, 0.1) is 17.0 Å². The molecule has 0 spiro atoms. The topological polar surface area (TPSA) is 113 Å². The molecule has 2 aromatic rings. The van der Waals surface area contributed by atoms with Crippen molar-refractivity contribution in [3.8, 4) is 0 Å². The minimum absolute atomic E-state index is 0.138. The van der Waals surface area contributed by atoms with Crippen LogP contribution < -0.4 is 9.44 Å². The number of carbonyl (C=O) groups excluding carboxylic acids is 1. The van der Waals surface area contributed by atoms with E-state index in [1.54, 1.807) is 22.4 Å². The number of nitrogens with zero attached hydrogens (tertiary/aromatic N) is 1. The van der Waals surface area contributed by atoms with Crippen molar-refractivity contribution in [3.05, 3.63) is 46.3 Å². The molecule has 0 atom stereocenters. The number of anilines is 1. The maximum Gasteiger partial charge on any atom is 0.253 e. The summed E-state index contributed by atoms with van der Waals surface area (Å²) >= 11 is 7.15. The Morgan fingerprint density at radius 1 is 1.17 bits per heavy atom. The highest BCUT2D eigenvalue weighted by Crippen LogP contribution is 2.25. The predicted octanol–water partition coefficient (Wildman–Crippen LogP) is 2.36. The Labute approximate surface area is 179 Å². The lowest BCUT2D eigenvalue weighted by Gasteiger charge is -2.32. The van der Waals surface area contributed by atoms with Crippen molar-refractivity contribution in [1.82, 2.24) is 9.62 Å². The minimum Gasteiger partial charge on any atom is -0.339 e. The van der Waals surface area contributed by atoms with E-state index in [0.717, 1.165) is 17.6 Å². The minimum atomic E-state index is -3.55. The summed E-state index contributed by atoms with van der Waals surface area (Å²) in [5, 5.41) is 1.89. The molecule has 0 unspecified atom stereocenters. The Hall–Kier alpha value is -1.66. The number of likely N-dealkylation sites (tertiary alicyclic amines) is 1. The first kappa shape index (κ1) is 22.0. The van der Waals surface area contributed by atoms with Gasteiger partial charge in [-0.05, 0) is 42.5 Å². The van der Waals surface area contributed by atoms with Crippen LogP contribution in [-0.2, 0) is 20.0 Å². The summed E-state index contributed by atoms with van der Waals surface area (Å²) in [6.45, 7) is 0.766. The highest BCUT2D eigenvalue weighted by atomic mass is 35.5. The quantitative estimate of drug-likeness (QED) is 0.663. The van der Waals surface area contributed by atoms with Gasteiger partial charge in [0.15, 0.2) is 0 Å². The summed E-state index contributed by atoms with van der Waals surface area (Å²) in [5.74, 6) is -0.266. The smallest absolute Gasteiger partial charge is 0.253 e. The first-order chi connectivity index (χ1) is 13.5. The standard InChI is InChI=1S/C17H20ClN3O5S3/c1-28(23,24)20-15-11-12(4-5-14(15)18)17(22)21-8-6-13(7-9-21)19-29(25,26)16-3-2-10-27-16/h2-5,10-11,13,19-20H,6-9H2,1H3. The molecule has 2 heterocycles. The van der Waals surface area contributed by atoms with Crippen LogP contribution in [0.2, 0.25) is 5.02 Å². The maximum absolute atomic E-state index is 12.8. The van der Waals surface area contributed by atoms with E-state index in [-0.39, 0.29) is 26.9 Å². The van der Waals surface area contributed by atoms with Crippen molar-refractivity contribution < 1.29 is 21.6 Å². The molecular weight excluding hydrogens is 458 g/mol. The van der Waals surface area contributed by atoms with E-state index in [1.807, 2.05) is 0 Å². The highest BCUT2D eigenvalue weighted by Gasteiger charge is 2.28. The molecule has 29 heavy (non-hydrogen) atoms. The first-order valence-electron chi connectivity index (χ1n) is 8.67. The molecule has 0 aliphatic carbocycles. The second-order valence-corrected chi connectivity index (χ2v) is 11.7. The second-order valence-electron chi connectivity index (χ2n) is 6.69. The van der Waals surface area contributed by atoms with Gasteiger partial charge in [-0.2, -0.15) is 0 Å². The Morgan fingerprint density at radius 3 is 2.45 bits per heavy atom. The summed E-state index contributed by atoms with van der Waals surface area (Å²) in [6, 6.07) is 7.37. The summed E-state index contributed by atoms with van der Waals surface area (Å²) in [5.41, 5.74) is 0.441. The van der Waals surface area contributed by atoms with Crippen LogP contribution >= 0.6 is 22.9 Å². The lowest BCUT2D eigenvalue weighted by Crippen LogP contribution is -2.46. The molecule has 1 saturated heterocycles. The molecule has 1 fully saturated rings. The number of halogens is 1. The molecule has 1 aliphatic heterocycles. The monoisotopic (exact) mass is 477 g/mol. The number of rotatable bonds is 6. The van der Waals surface area contributed by atoms with E-state index in [1.165, 1.54) is 18.2 Å². The van der Waals surface area contributed by atoms with Crippen LogP contribution in [0.4, 0.5) is 5.69 Å². The number of sulfonamides is 2. The van der Waals surface area contributed by atoms with Gasteiger partial charge in [-0.1, -0.05) is 17.7 Å². The normalized spacial score (nSPS) is 16.0. The number of thiophene rings is 1. The molecule has 8 nitrogen and oxygen atoms in total. The molecule has 1 aliphatic rings. The number of benzene rings is 1. The second kappa shape index (κ2) is 8.60. The Balaban J connectivity index is 1.64. The van der Waals surface area contributed by atoms with Crippen LogP contribution in [0.15, 0.2) is 39.9 Å². The fourth-order valence-corrected chi connectivity index (χ4v) is 6.12. The zero-order valence-corrected chi connectivity index (χ0v) is 18.7. The van der Waals surface area contributed by atoms with Gasteiger partial charge in [-0.3, -0.25) is 9.52 Å². The van der Waals surface area contributed by atoms with Gasteiger partial charge in [0.1, 0.15) is 4.21 Å². The van der Waals surface area contributed by atoms with Crippen molar-refractivity contribution in [3.63, 3.8) is 0 Å². The fourth-order valence-electron chi connectivity index (χ4n) is 3.01. The average molecular weight is 478 g/mol. The van der Waals surface area contributed by atoms with Crippen LogP contribution in [0.3, 0.4) is 0 Å². The van der Waals surface area contributed by atoms with Crippen LogP contribution in [0.25, 0.3) is 0 Å². The Morgan fingerprint density at radius 2 is 1.86 bits per heavy atom.